The van der Waals surface area contributed by atoms with Crippen molar-refractivity contribution in [2.24, 2.45) is 0 Å². The predicted octanol–water partition coefficient (Wildman–Crippen LogP) is 1.35. The number of aliphatic hydroxyl groups is 1. The topological polar surface area (TPSA) is 58.3 Å². The van der Waals surface area contributed by atoms with E-state index in [0.717, 1.165) is 11.4 Å². The lowest BCUT2D eigenvalue weighted by Gasteiger charge is -2.14. The number of β-amino-alcohol motifs (C(OH)–C–C–N with tert-alkyl or cyclic N) is 1. The highest BCUT2D eigenvalue weighted by Crippen LogP contribution is 2.33. The van der Waals surface area contributed by atoms with Gasteiger partial charge in [0.1, 0.15) is 0 Å². The summed E-state index contributed by atoms with van der Waals surface area (Å²) in [5.41, 5.74) is 6.54. The van der Waals surface area contributed by atoms with Crippen molar-refractivity contribution in [3.63, 3.8) is 0 Å². The summed E-state index contributed by atoms with van der Waals surface area (Å²) < 4.78 is 0. The standard InChI is InChI=1S/C10H13ClN2OS/c11-6-1-2-7(12)9(3-6)15-10-5-13-4-8(10)14/h1-3,8,10,13-14H,4-5,12H2. The molecule has 0 radical (unpaired) electrons. The van der Waals surface area contributed by atoms with Crippen LogP contribution >= 0.6 is 23.4 Å². The summed E-state index contributed by atoms with van der Waals surface area (Å²) in [6.07, 6.45) is -0.312. The maximum atomic E-state index is 9.65. The third-order valence-corrected chi connectivity index (χ3v) is 4.01. The molecular weight excluding hydrogens is 232 g/mol. The van der Waals surface area contributed by atoms with Crippen LogP contribution in [0.3, 0.4) is 0 Å². The van der Waals surface area contributed by atoms with Crippen molar-refractivity contribution in [3.05, 3.63) is 23.2 Å². The number of halogens is 1. The Morgan fingerprint density at radius 3 is 2.93 bits per heavy atom. The minimum Gasteiger partial charge on any atom is -0.398 e. The van der Waals surface area contributed by atoms with E-state index in [1.165, 1.54) is 0 Å². The van der Waals surface area contributed by atoms with E-state index in [1.807, 2.05) is 6.07 Å². The summed E-state index contributed by atoms with van der Waals surface area (Å²) >= 11 is 7.47. The predicted molar refractivity (Wildman–Crippen MR) is 64.4 cm³/mol. The summed E-state index contributed by atoms with van der Waals surface area (Å²) in [4.78, 5) is 0.940. The molecule has 0 saturated carbocycles. The van der Waals surface area contributed by atoms with Gasteiger partial charge in [0.05, 0.1) is 6.10 Å². The second kappa shape index (κ2) is 4.61. The van der Waals surface area contributed by atoms with Crippen LogP contribution in [-0.4, -0.2) is 29.5 Å². The van der Waals surface area contributed by atoms with Gasteiger partial charge >= 0.3 is 0 Å². The van der Waals surface area contributed by atoms with Crippen LogP contribution in [0.1, 0.15) is 0 Å². The molecule has 2 rings (SSSR count). The quantitative estimate of drug-likeness (QED) is 0.688. The van der Waals surface area contributed by atoms with Gasteiger partial charge in [-0.05, 0) is 18.2 Å². The molecule has 0 amide bonds. The lowest BCUT2D eigenvalue weighted by Crippen LogP contribution is -2.20. The number of nitrogens with one attached hydrogen (secondary N) is 1. The van der Waals surface area contributed by atoms with Gasteiger partial charge in [-0.2, -0.15) is 0 Å². The van der Waals surface area contributed by atoms with E-state index in [0.29, 0.717) is 17.3 Å². The number of anilines is 1. The zero-order valence-corrected chi connectivity index (χ0v) is 9.68. The Hall–Kier alpha value is -0.420. The highest BCUT2D eigenvalue weighted by atomic mass is 35.5. The molecule has 0 aliphatic carbocycles. The molecule has 5 heteroatoms. The maximum Gasteiger partial charge on any atom is 0.0798 e. The number of rotatable bonds is 2. The molecule has 1 aliphatic heterocycles. The highest BCUT2D eigenvalue weighted by Gasteiger charge is 2.26. The molecule has 3 nitrogen and oxygen atoms in total. The maximum absolute atomic E-state index is 9.65. The van der Waals surface area contributed by atoms with Gasteiger partial charge in [0.2, 0.25) is 0 Å². The molecule has 1 heterocycles. The van der Waals surface area contributed by atoms with Crippen molar-refractivity contribution < 1.29 is 5.11 Å². The first-order chi connectivity index (χ1) is 7.16. The number of nitrogen functional groups attached to an aromatic ring is 1. The number of thioether (sulfide) groups is 1. The van der Waals surface area contributed by atoms with Gasteiger partial charge in [-0.25, -0.2) is 0 Å². The van der Waals surface area contributed by atoms with Crippen LogP contribution in [0.15, 0.2) is 23.1 Å². The Morgan fingerprint density at radius 2 is 2.27 bits per heavy atom. The molecule has 1 aromatic rings. The summed E-state index contributed by atoms with van der Waals surface area (Å²) in [5.74, 6) is 0. The molecule has 82 valence electrons. The van der Waals surface area contributed by atoms with Crippen molar-refractivity contribution in [3.8, 4) is 0 Å². The number of aliphatic hydroxyl groups excluding tert-OH is 1. The van der Waals surface area contributed by atoms with E-state index in [1.54, 1.807) is 23.9 Å². The molecule has 0 aromatic heterocycles. The van der Waals surface area contributed by atoms with Crippen LogP contribution in [0.4, 0.5) is 5.69 Å². The van der Waals surface area contributed by atoms with Crippen LogP contribution in [0.2, 0.25) is 5.02 Å². The minimum absolute atomic E-state index is 0.158. The smallest absolute Gasteiger partial charge is 0.0798 e. The minimum atomic E-state index is -0.312. The average Bonchev–Trinajstić information content (AvgIpc) is 2.58. The summed E-state index contributed by atoms with van der Waals surface area (Å²) in [7, 11) is 0. The van der Waals surface area contributed by atoms with E-state index >= 15 is 0 Å². The Bertz CT molecular complexity index is 361. The molecule has 4 N–H and O–H groups in total. The number of hydrogen-bond acceptors (Lipinski definition) is 4. The first-order valence-electron chi connectivity index (χ1n) is 4.77. The van der Waals surface area contributed by atoms with Crippen LogP contribution in [-0.2, 0) is 0 Å². The normalized spacial score (nSPS) is 25.7. The van der Waals surface area contributed by atoms with Crippen molar-refractivity contribution >= 4 is 29.1 Å². The van der Waals surface area contributed by atoms with Crippen molar-refractivity contribution in [2.75, 3.05) is 18.8 Å². The van der Waals surface area contributed by atoms with Gasteiger partial charge in [0.25, 0.3) is 0 Å². The first-order valence-corrected chi connectivity index (χ1v) is 6.03. The van der Waals surface area contributed by atoms with Crippen LogP contribution in [0.5, 0.6) is 0 Å². The largest absolute Gasteiger partial charge is 0.398 e. The fraction of sp³-hybridized carbons (Fsp3) is 0.400. The Labute approximate surface area is 98.0 Å². The molecule has 1 aliphatic rings. The average molecular weight is 245 g/mol. The SMILES string of the molecule is Nc1ccc(Cl)cc1SC1CNCC1O. The van der Waals surface area contributed by atoms with E-state index in [-0.39, 0.29) is 11.4 Å². The summed E-state index contributed by atoms with van der Waals surface area (Å²) in [5, 5.41) is 13.6. The first kappa shape index (κ1) is 11.1. The number of benzene rings is 1. The fourth-order valence-corrected chi connectivity index (χ4v) is 2.95. The lowest BCUT2D eigenvalue weighted by molar-refractivity contribution is 0.201. The van der Waals surface area contributed by atoms with Gasteiger partial charge in [0.15, 0.2) is 0 Å². The fourth-order valence-electron chi connectivity index (χ4n) is 1.53. The molecule has 1 fully saturated rings. The van der Waals surface area contributed by atoms with E-state index in [2.05, 4.69) is 5.32 Å². The van der Waals surface area contributed by atoms with Crippen molar-refractivity contribution in [2.45, 2.75) is 16.2 Å². The third kappa shape index (κ3) is 2.58. The van der Waals surface area contributed by atoms with E-state index in [9.17, 15) is 5.11 Å². The molecule has 2 atom stereocenters. The monoisotopic (exact) mass is 244 g/mol. The van der Waals surface area contributed by atoms with E-state index in [4.69, 9.17) is 17.3 Å². The van der Waals surface area contributed by atoms with Crippen molar-refractivity contribution in [1.82, 2.24) is 5.32 Å². The van der Waals surface area contributed by atoms with Crippen LogP contribution < -0.4 is 11.1 Å². The van der Waals surface area contributed by atoms with E-state index < -0.39 is 0 Å². The molecule has 1 aromatic carbocycles. The second-order valence-electron chi connectivity index (χ2n) is 3.56. The zero-order valence-electron chi connectivity index (χ0n) is 8.11. The second-order valence-corrected chi connectivity index (χ2v) is 5.28. The van der Waals surface area contributed by atoms with Gasteiger partial charge in [-0.3, -0.25) is 0 Å². The van der Waals surface area contributed by atoms with Crippen LogP contribution in [0, 0.1) is 0 Å². The molecule has 0 spiro atoms. The summed E-state index contributed by atoms with van der Waals surface area (Å²) in [6, 6.07) is 5.40. The molecule has 1 saturated heterocycles. The van der Waals surface area contributed by atoms with Gasteiger partial charge < -0.3 is 16.2 Å². The molecule has 0 bridgehead atoms. The summed E-state index contributed by atoms with van der Waals surface area (Å²) in [6.45, 7) is 1.45. The Morgan fingerprint density at radius 1 is 1.47 bits per heavy atom. The molecular formula is C10H13ClN2OS. The zero-order chi connectivity index (χ0) is 10.8. The Balaban J connectivity index is 2.12. The van der Waals surface area contributed by atoms with Gasteiger partial charge in [0, 0.05) is 33.9 Å². The van der Waals surface area contributed by atoms with Crippen LogP contribution in [0.25, 0.3) is 0 Å². The molecule has 2 unspecified atom stereocenters. The lowest BCUT2D eigenvalue weighted by atomic mass is 10.3. The number of hydrogen-bond donors (Lipinski definition) is 3. The third-order valence-electron chi connectivity index (χ3n) is 2.38. The number of nitrogens with two attached hydrogens (primary N) is 1. The van der Waals surface area contributed by atoms with Gasteiger partial charge in [-0.1, -0.05) is 11.6 Å². The Kier molecular flexibility index (Phi) is 3.41. The highest BCUT2D eigenvalue weighted by molar-refractivity contribution is 8.00. The van der Waals surface area contributed by atoms with Crippen molar-refractivity contribution in [1.29, 1.82) is 0 Å². The van der Waals surface area contributed by atoms with Gasteiger partial charge in [-0.15, -0.1) is 11.8 Å². The molecule has 15 heavy (non-hydrogen) atoms.